The van der Waals surface area contributed by atoms with Crippen LogP contribution in [0.25, 0.3) is 65.7 Å². The van der Waals surface area contributed by atoms with Crippen molar-refractivity contribution in [2.75, 3.05) is 0 Å². The summed E-state index contributed by atoms with van der Waals surface area (Å²) in [5, 5.41) is 7.68. The Bertz CT molecular complexity index is 1900. The molecule has 0 spiro atoms. The Morgan fingerprint density at radius 1 is 0.342 bits per heavy atom. The highest BCUT2D eigenvalue weighted by molar-refractivity contribution is 6.23. The second-order valence-electron chi connectivity index (χ2n) is 10.3. The van der Waals surface area contributed by atoms with Gasteiger partial charge in [-0.1, -0.05) is 132 Å². The van der Waals surface area contributed by atoms with E-state index in [2.05, 4.69) is 147 Å². The van der Waals surface area contributed by atoms with Crippen LogP contribution in [-0.2, 0) is 0 Å². The molecule has 0 fully saturated rings. The van der Waals surface area contributed by atoms with Gasteiger partial charge in [0.05, 0.1) is 0 Å². The largest absolute Gasteiger partial charge is 0.0616 e. The summed E-state index contributed by atoms with van der Waals surface area (Å²) in [4.78, 5) is 0. The van der Waals surface area contributed by atoms with Crippen molar-refractivity contribution in [3.63, 3.8) is 0 Å². The van der Waals surface area contributed by atoms with Gasteiger partial charge in [-0.25, -0.2) is 0 Å². The molecule has 7 aromatic carbocycles. The summed E-state index contributed by atoms with van der Waals surface area (Å²) in [5.74, 6) is 0. The van der Waals surface area contributed by atoms with Gasteiger partial charge < -0.3 is 0 Å². The van der Waals surface area contributed by atoms with Gasteiger partial charge in [-0.15, -0.1) is 0 Å². The molecule has 0 heteroatoms. The minimum Gasteiger partial charge on any atom is -0.0616 e. The highest BCUT2D eigenvalue weighted by Gasteiger charge is 2.18. The van der Waals surface area contributed by atoms with Gasteiger partial charge in [0.1, 0.15) is 0 Å². The zero-order valence-corrected chi connectivity index (χ0v) is 21.7. The molecule has 0 saturated heterocycles. The smallest absolute Gasteiger partial charge is 0.00199 e. The lowest BCUT2D eigenvalue weighted by Gasteiger charge is -2.19. The van der Waals surface area contributed by atoms with E-state index in [0.29, 0.717) is 0 Å². The molecular weight excluding hydrogens is 456 g/mol. The molecule has 0 amide bonds. The average Bonchev–Trinajstić information content (AvgIpc) is 2.96. The molecule has 0 aliphatic carbocycles. The van der Waals surface area contributed by atoms with Gasteiger partial charge >= 0.3 is 0 Å². The molecule has 0 bridgehead atoms. The van der Waals surface area contributed by atoms with E-state index in [4.69, 9.17) is 0 Å². The maximum absolute atomic E-state index is 2.40. The Labute approximate surface area is 223 Å². The molecule has 38 heavy (non-hydrogen) atoms. The van der Waals surface area contributed by atoms with Gasteiger partial charge in [-0.3, -0.25) is 0 Å². The fourth-order valence-corrected chi connectivity index (χ4v) is 5.88. The fourth-order valence-electron chi connectivity index (χ4n) is 5.88. The highest BCUT2D eigenvalue weighted by Crippen LogP contribution is 2.46. The molecule has 0 aliphatic heterocycles. The lowest BCUT2D eigenvalue weighted by Crippen LogP contribution is -1.92. The number of hydrogen-bond donors (Lipinski definition) is 0. The highest BCUT2D eigenvalue weighted by atomic mass is 14.2. The van der Waals surface area contributed by atoms with Gasteiger partial charge in [0.2, 0.25) is 0 Å². The van der Waals surface area contributed by atoms with Gasteiger partial charge in [0, 0.05) is 0 Å². The van der Waals surface area contributed by atoms with Crippen LogP contribution < -0.4 is 0 Å². The number of hydrogen-bond acceptors (Lipinski definition) is 0. The summed E-state index contributed by atoms with van der Waals surface area (Å²) in [5.41, 5.74) is 10.2. The third-order valence-corrected chi connectivity index (χ3v) is 7.79. The minimum atomic E-state index is 1.24. The minimum absolute atomic E-state index is 1.24. The molecule has 0 aromatic heterocycles. The van der Waals surface area contributed by atoms with Gasteiger partial charge in [-0.2, -0.15) is 0 Å². The van der Waals surface area contributed by atoms with Crippen LogP contribution in [0.4, 0.5) is 0 Å². The lowest BCUT2D eigenvalue weighted by atomic mass is 9.83. The molecule has 180 valence electrons. The molecule has 7 rings (SSSR count). The Morgan fingerprint density at radius 3 is 1.34 bits per heavy atom. The first-order valence-corrected chi connectivity index (χ1v) is 13.3. The van der Waals surface area contributed by atoms with Crippen molar-refractivity contribution in [3.05, 3.63) is 145 Å². The van der Waals surface area contributed by atoms with Crippen LogP contribution >= 0.6 is 0 Å². The number of benzene rings is 7. The molecule has 0 heterocycles. The van der Waals surface area contributed by atoms with E-state index in [1.165, 1.54) is 76.8 Å². The quantitative estimate of drug-likeness (QED) is 0.219. The number of fused-ring (bicyclic) bond motifs is 3. The van der Waals surface area contributed by atoms with Gasteiger partial charge in [-0.05, 0) is 91.7 Å². The monoisotopic (exact) mass is 484 g/mol. The first-order chi connectivity index (χ1) is 18.7. The predicted octanol–water partition coefficient (Wildman–Crippen LogP) is 10.8. The first kappa shape index (κ1) is 22.5. The average molecular weight is 485 g/mol. The lowest BCUT2D eigenvalue weighted by molar-refractivity contribution is 1.47. The summed E-state index contributed by atoms with van der Waals surface area (Å²) in [6, 6.07) is 49.2. The molecule has 0 unspecified atom stereocenters. The number of aryl methyl sites for hydroxylation is 2. The molecule has 0 nitrogen and oxygen atoms in total. The van der Waals surface area contributed by atoms with Crippen molar-refractivity contribution in [2.45, 2.75) is 13.8 Å². The third kappa shape index (κ3) is 3.69. The second-order valence-corrected chi connectivity index (χ2v) is 10.3. The van der Waals surface area contributed by atoms with Crippen LogP contribution in [0.3, 0.4) is 0 Å². The Hall–Kier alpha value is -4.68. The molecule has 0 atom stereocenters. The van der Waals surface area contributed by atoms with Crippen LogP contribution in [0, 0.1) is 13.8 Å². The molecular formula is C38H28. The van der Waals surface area contributed by atoms with Crippen molar-refractivity contribution in [1.82, 2.24) is 0 Å². The van der Waals surface area contributed by atoms with Gasteiger partial charge in [0.15, 0.2) is 0 Å². The van der Waals surface area contributed by atoms with E-state index < -0.39 is 0 Å². The predicted molar refractivity (Wildman–Crippen MR) is 165 cm³/mol. The van der Waals surface area contributed by atoms with E-state index in [-0.39, 0.29) is 0 Å². The van der Waals surface area contributed by atoms with E-state index in [1.807, 2.05) is 0 Å². The summed E-state index contributed by atoms with van der Waals surface area (Å²) in [6.45, 7) is 4.29. The van der Waals surface area contributed by atoms with E-state index >= 15 is 0 Å². The van der Waals surface area contributed by atoms with Crippen LogP contribution in [0.1, 0.15) is 11.1 Å². The second kappa shape index (κ2) is 9.01. The van der Waals surface area contributed by atoms with Crippen molar-refractivity contribution in [3.8, 4) is 33.4 Å². The summed E-state index contributed by atoms with van der Waals surface area (Å²) in [6.07, 6.45) is 0. The summed E-state index contributed by atoms with van der Waals surface area (Å²) in [7, 11) is 0. The fraction of sp³-hybridized carbons (Fsp3) is 0.0526. The maximum atomic E-state index is 2.40. The van der Waals surface area contributed by atoms with Crippen molar-refractivity contribution in [2.24, 2.45) is 0 Å². The topological polar surface area (TPSA) is 0 Å². The van der Waals surface area contributed by atoms with E-state index in [9.17, 15) is 0 Å². The molecule has 0 radical (unpaired) electrons. The summed E-state index contributed by atoms with van der Waals surface area (Å²) >= 11 is 0. The summed E-state index contributed by atoms with van der Waals surface area (Å²) < 4.78 is 0. The molecule has 0 saturated carbocycles. The SMILES string of the molecule is Cc1ccc(-c2cc(-c3c4ccccc4c(-c4ccc(C)cc4)c4ccccc34)c3ccccc3c2)cc1. The van der Waals surface area contributed by atoms with Crippen LogP contribution in [0.2, 0.25) is 0 Å². The third-order valence-electron chi connectivity index (χ3n) is 7.79. The van der Waals surface area contributed by atoms with Crippen molar-refractivity contribution in [1.29, 1.82) is 0 Å². The molecule has 7 aromatic rings. The Kier molecular flexibility index (Phi) is 5.34. The maximum Gasteiger partial charge on any atom is -0.00199 e. The Balaban J connectivity index is 1.63. The van der Waals surface area contributed by atoms with Crippen LogP contribution in [-0.4, -0.2) is 0 Å². The molecule has 0 aliphatic rings. The van der Waals surface area contributed by atoms with Gasteiger partial charge in [0.25, 0.3) is 0 Å². The normalized spacial score (nSPS) is 11.4. The van der Waals surface area contributed by atoms with Crippen molar-refractivity contribution >= 4 is 32.3 Å². The van der Waals surface area contributed by atoms with Crippen LogP contribution in [0.15, 0.2) is 133 Å². The standard InChI is InChI=1S/C38H28/c1-25-15-19-27(20-16-25)30-23-29-9-3-4-10-31(29)36(24-30)38-34-13-7-5-11-32(34)37(28-21-17-26(2)18-22-28)33-12-6-8-14-35(33)38/h3-24H,1-2H3. The number of rotatable bonds is 3. The van der Waals surface area contributed by atoms with Crippen molar-refractivity contribution < 1.29 is 0 Å². The first-order valence-electron chi connectivity index (χ1n) is 13.3. The van der Waals surface area contributed by atoms with E-state index in [1.54, 1.807) is 0 Å². The zero-order valence-electron chi connectivity index (χ0n) is 21.7. The van der Waals surface area contributed by atoms with Crippen LogP contribution in [0.5, 0.6) is 0 Å². The van der Waals surface area contributed by atoms with E-state index in [0.717, 1.165) is 0 Å². The zero-order chi connectivity index (χ0) is 25.6. The molecule has 0 N–H and O–H groups in total. The Morgan fingerprint density at radius 2 is 0.789 bits per heavy atom.